The summed E-state index contributed by atoms with van der Waals surface area (Å²) in [6, 6.07) is 66.3. The lowest BCUT2D eigenvalue weighted by Gasteiger charge is -2.38. The number of para-hydroxylation sites is 5. The fourth-order valence-electron chi connectivity index (χ4n) is 9.80. The van der Waals surface area contributed by atoms with Crippen molar-refractivity contribution in [3.8, 4) is 34.2 Å². The van der Waals surface area contributed by atoms with Crippen molar-refractivity contribution in [3.63, 3.8) is 0 Å². The van der Waals surface area contributed by atoms with Gasteiger partial charge in [0, 0.05) is 49.6 Å². The molecule has 0 saturated heterocycles. The molecular formula is C50H30N4O. The van der Waals surface area contributed by atoms with Crippen LogP contribution in [0.1, 0.15) is 16.7 Å². The Morgan fingerprint density at radius 1 is 0.382 bits per heavy atom. The zero-order chi connectivity index (χ0) is 35.8. The summed E-state index contributed by atoms with van der Waals surface area (Å²) < 4.78 is 14.4. The Kier molecular flexibility index (Phi) is 5.51. The van der Waals surface area contributed by atoms with Crippen LogP contribution in [0.5, 0.6) is 6.01 Å². The molecule has 1 aliphatic heterocycles. The Hall–Kier alpha value is -7.37. The van der Waals surface area contributed by atoms with E-state index in [1.54, 1.807) is 0 Å². The van der Waals surface area contributed by atoms with Gasteiger partial charge in [-0.3, -0.25) is 4.57 Å². The van der Waals surface area contributed by atoms with E-state index in [-0.39, 0.29) is 0 Å². The highest BCUT2D eigenvalue weighted by molar-refractivity contribution is 6.19. The van der Waals surface area contributed by atoms with E-state index in [1.165, 1.54) is 43.7 Å². The molecule has 256 valence electrons. The molecule has 0 unspecified atom stereocenters. The van der Waals surface area contributed by atoms with Crippen LogP contribution in [0, 0.1) is 0 Å². The minimum atomic E-state index is -0.901. The number of hydrogen-bond donors (Lipinski definition) is 0. The average Bonchev–Trinajstić information content (AvgIpc) is 3.96. The molecule has 0 saturated carbocycles. The molecule has 13 rings (SSSR count). The third-order valence-corrected chi connectivity index (χ3v) is 12.0. The van der Waals surface area contributed by atoms with Crippen LogP contribution in [0.4, 0.5) is 0 Å². The molecule has 55 heavy (non-hydrogen) atoms. The van der Waals surface area contributed by atoms with E-state index < -0.39 is 5.60 Å². The molecule has 11 aromatic rings. The van der Waals surface area contributed by atoms with E-state index in [0.29, 0.717) is 6.01 Å². The standard InChI is InChI=1S/C50H30N4O/c1-2-14-31(15-3-1)52-43-23-11-6-18-35(43)37-29-38-36-19-7-12-24-44(36)53(48(38)30-47(37)52)32-26-27-45-41(28-32)50(55-49-51-42-22-10-13-25-46(42)54(45)49)39-20-8-4-16-33(39)34-17-5-9-21-40(34)50/h1-30H. The molecule has 8 aromatic carbocycles. The second kappa shape index (κ2) is 10.4. The predicted molar refractivity (Wildman–Crippen MR) is 222 cm³/mol. The third kappa shape index (κ3) is 3.64. The van der Waals surface area contributed by atoms with Crippen molar-refractivity contribution in [2.45, 2.75) is 5.60 Å². The van der Waals surface area contributed by atoms with Crippen molar-refractivity contribution in [2.24, 2.45) is 0 Å². The van der Waals surface area contributed by atoms with Crippen LogP contribution in [0.2, 0.25) is 0 Å². The zero-order valence-corrected chi connectivity index (χ0v) is 29.5. The monoisotopic (exact) mass is 702 g/mol. The molecule has 2 aliphatic rings. The molecule has 4 heterocycles. The number of rotatable bonds is 2. The molecule has 0 radical (unpaired) electrons. The summed E-state index contributed by atoms with van der Waals surface area (Å²) in [7, 11) is 0. The first kappa shape index (κ1) is 29.1. The van der Waals surface area contributed by atoms with Crippen LogP contribution in [0.25, 0.3) is 82.8 Å². The number of fused-ring (bicyclic) bond motifs is 17. The van der Waals surface area contributed by atoms with Crippen LogP contribution in [-0.4, -0.2) is 18.7 Å². The summed E-state index contributed by atoms with van der Waals surface area (Å²) in [5, 5.41) is 4.93. The van der Waals surface area contributed by atoms with E-state index in [4.69, 9.17) is 9.72 Å². The number of nitrogens with zero attached hydrogens (tertiary/aromatic N) is 4. The van der Waals surface area contributed by atoms with Gasteiger partial charge in [0.15, 0.2) is 5.60 Å². The highest BCUT2D eigenvalue weighted by Gasteiger charge is 2.51. The molecule has 1 aliphatic carbocycles. The fourth-order valence-corrected chi connectivity index (χ4v) is 9.80. The molecule has 0 bridgehead atoms. The van der Waals surface area contributed by atoms with E-state index in [9.17, 15) is 0 Å². The Morgan fingerprint density at radius 2 is 0.945 bits per heavy atom. The number of hydrogen-bond acceptors (Lipinski definition) is 2. The fraction of sp³-hybridized carbons (Fsp3) is 0.0200. The predicted octanol–water partition coefficient (Wildman–Crippen LogP) is 11.9. The topological polar surface area (TPSA) is 36.9 Å². The summed E-state index contributed by atoms with van der Waals surface area (Å²) in [6.07, 6.45) is 0. The van der Waals surface area contributed by atoms with Crippen LogP contribution in [-0.2, 0) is 5.60 Å². The Balaban J connectivity index is 1.16. The van der Waals surface area contributed by atoms with Gasteiger partial charge in [-0.05, 0) is 77.9 Å². The van der Waals surface area contributed by atoms with E-state index >= 15 is 0 Å². The van der Waals surface area contributed by atoms with Gasteiger partial charge >= 0.3 is 6.01 Å². The van der Waals surface area contributed by atoms with Crippen LogP contribution < -0.4 is 4.74 Å². The number of benzene rings is 8. The molecule has 3 aromatic heterocycles. The summed E-state index contributed by atoms with van der Waals surface area (Å²) in [6.45, 7) is 0. The lowest BCUT2D eigenvalue weighted by molar-refractivity contribution is 0.132. The van der Waals surface area contributed by atoms with Crippen molar-refractivity contribution >= 4 is 54.6 Å². The molecule has 0 amide bonds. The van der Waals surface area contributed by atoms with Crippen LogP contribution in [0.3, 0.4) is 0 Å². The van der Waals surface area contributed by atoms with E-state index in [2.05, 4.69) is 190 Å². The SMILES string of the molecule is c1ccc(-n2c3ccccc3c3cc4c5ccccc5n(-c5ccc6c(c5)C5(Oc7nc8ccccc8n7-6)c6ccccc6-c6ccccc65)c4cc32)cc1. The molecular weight excluding hydrogens is 673 g/mol. The third-order valence-electron chi connectivity index (χ3n) is 12.0. The van der Waals surface area contributed by atoms with Gasteiger partial charge in [-0.2, -0.15) is 4.98 Å². The van der Waals surface area contributed by atoms with Gasteiger partial charge in [0.1, 0.15) is 0 Å². The molecule has 0 atom stereocenters. The van der Waals surface area contributed by atoms with Gasteiger partial charge in [0.2, 0.25) is 0 Å². The maximum Gasteiger partial charge on any atom is 0.303 e. The van der Waals surface area contributed by atoms with Gasteiger partial charge in [-0.1, -0.05) is 115 Å². The van der Waals surface area contributed by atoms with Crippen LogP contribution >= 0.6 is 0 Å². The zero-order valence-electron chi connectivity index (χ0n) is 29.5. The van der Waals surface area contributed by atoms with Gasteiger partial charge in [0.25, 0.3) is 0 Å². The first-order chi connectivity index (χ1) is 27.3. The van der Waals surface area contributed by atoms with Crippen molar-refractivity contribution in [1.82, 2.24) is 18.7 Å². The van der Waals surface area contributed by atoms with Gasteiger partial charge in [-0.15, -0.1) is 0 Å². The molecule has 1 spiro atoms. The highest BCUT2D eigenvalue weighted by atomic mass is 16.5. The first-order valence-corrected chi connectivity index (χ1v) is 18.8. The summed E-state index contributed by atoms with van der Waals surface area (Å²) in [4.78, 5) is 5.08. The number of ether oxygens (including phenoxy) is 1. The minimum Gasteiger partial charge on any atom is -0.443 e. The van der Waals surface area contributed by atoms with E-state index in [1.807, 2.05) is 6.07 Å². The average molecular weight is 703 g/mol. The smallest absolute Gasteiger partial charge is 0.303 e. The Labute approximate surface area is 315 Å². The second-order valence-corrected chi connectivity index (χ2v) is 14.7. The Morgan fingerprint density at radius 3 is 1.64 bits per heavy atom. The van der Waals surface area contributed by atoms with Crippen molar-refractivity contribution in [1.29, 1.82) is 0 Å². The molecule has 0 fully saturated rings. The second-order valence-electron chi connectivity index (χ2n) is 14.7. The Bertz CT molecular complexity index is 3370. The largest absolute Gasteiger partial charge is 0.443 e. The summed E-state index contributed by atoms with van der Waals surface area (Å²) in [5.41, 5.74) is 14.7. The maximum absolute atomic E-state index is 7.39. The lowest BCUT2D eigenvalue weighted by Crippen LogP contribution is -2.39. The summed E-state index contributed by atoms with van der Waals surface area (Å²) in [5.74, 6) is 0. The van der Waals surface area contributed by atoms with Crippen molar-refractivity contribution < 1.29 is 4.74 Å². The van der Waals surface area contributed by atoms with Crippen molar-refractivity contribution in [3.05, 3.63) is 199 Å². The van der Waals surface area contributed by atoms with Crippen molar-refractivity contribution in [2.75, 3.05) is 0 Å². The number of imidazole rings is 1. The molecule has 0 N–H and O–H groups in total. The molecule has 5 nitrogen and oxygen atoms in total. The first-order valence-electron chi connectivity index (χ1n) is 18.8. The van der Waals surface area contributed by atoms with Gasteiger partial charge < -0.3 is 13.9 Å². The minimum absolute atomic E-state index is 0.598. The summed E-state index contributed by atoms with van der Waals surface area (Å²) >= 11 is 0. The molecule has 5 heteroatoms. The van der Waals surface area contributed by atoms with Crippen LogP contribution in [0.15, 0.2) is 182 Å². The number of aromatic nitrogens is 4. The maximum atomic E-state index is 7.39. The quantitative estimate of drug-likeness (QED) is 0.180. The lowest BCUT2D eigenvalue weighted by atomic mass is 9.82. The van der Waals surface area contributed by atoms with Gasteiger partial charge in [0.05, 0.1) is 38.8 Å². The highest BCUT2D eigenvalue weighted by Crippen LogP contribution is 2.57. The van der Waals surface area contributed by atoms with E-state index in [0.717, 1.165) is 55.8 Å². The normalized spacial score (nSPS) is 13.7. The van der Waals surface area contributed by atoms with Gasteiger partial charge in [-0.25, -0.2) is 0 Å².